The minimum absolute atomic E-state index is 0.813. The molecule has 0 saturated heterocycles. The van der Waals surface area contributed by atoms with E-state index in [1.54, 1.807) is 0 Å². The summed E-state index contributed by atoms with van der Waals surface area (Å²) >= 11 is 0. The quantitative estimate of drug-likeness (QED) is 0.586. The number of hydrogen-bond acceptors (Lipinski definition) is 1. The van der Waals surface area contributed by atoms with Crippen molar-refractivity contribution < 1.29 is 0 Å². The topological polar surface area (TPSA) is 3.24 Å². The highest BCUT2D eigenvalue weighted by molar-refractivity contribution is 5.36. The lowest BCUT2D eigenvalue weighted by atomic mass is 10.1. The van der Waals surface area contributed by atoms with Crippen LogP contribution in [0.5, 0.6) is 0 Å². The molecule has 0 aliphatic heterocycles. The molecule has 1 nitrogen and oxygen atoms in total. The summed E-state index contributed by atoms with van der Waals surface area (Å²) in [5.41, 5.74) is 2.36. The summed E-state index contributed by atoms with van der Waals surface area (Å²) in [7, 11) is 4.04. The molecule has 0 unspecified atom stereocenters. The van der Waals surface area contributed by atoms with E-state index in [4.69, 9.17) is 0 Å². The molecule has 1 heteroatoms. The van der Waals surface area contributed by atoms with Crippen molar-refractivity contribution in [2.24, 2.45) is 0 Å². The second-order valence-electron chi connectivity index (χ2n) is 3.41. The van der Waals surface area contributed by atoms with Crippen LogP contribution in [-0.4, -0.2) is 25.5 Å². The molecule has 0 radical (unpaired) electrons. The van der Waals surface area contributed by atoms with Crippen LogP contribution in [0.3, 0.4) is 0 Å². The minimum atomic E-state index is 0.813. The van der Waals surface area contributed by atoms with Crippen molar-refractivity contribution in [3.8, 4) is 11.8 Å². The van der Waals surface area contributed by atoms with Gasteiger partial charge in [-0.1, -0.05) is 24.0 Å². The van der Waals surface area contributed by atoms with Crippen molar-refractivity contribution in [1.29, 1.82) is 0 Å². The third-order valence-electron chi connectivity index (χ3n) is 1.65. The van der Waals surface area contributed by atoms with Gasteiger partial charge in [-0.15, -0.1) is 0 Å². The molecule has 0 aliphatic carbocycles. The highest BCUT2D eigenvalue weighted by Crippen LogP contribution is 2.01. The molecule has 0 fully saturated rings. The molecule has 0 N–H and O–H groups in total. The molecule has 1 aromatic rings. The van der Waals surface area contributed by atoms with E-state index in [1.807, 2.05) is 26.2 Å². The minimum Gasteiger partial charge on any atom is -0.299 e. The van der Waals surface area contributed by atoms with Crippen LogP contribution in [0.2, 0.25) is 0 Å². The van der Waals surface area contributed by atoms with Crippen LogP contribution in [0, 0.1) is 18.8 Å². The fraction of sp³-hybridized carbons (Fsp3) is 0.333. The van der Waals surface area contributed by atoms with Crippen LogP contribution in [0.25, 0.3) is 0 Å². The number of benzene rings is 1. The Morgan fingerprint density at radius 2 is 2.08 bits per heavy atom. The summed E-state index contributed by atoms with van der Waals surface area (Å²) in [6, 6.07) is 8.25. The molecule has 0 aliphatic rings. The fourth-order valence-electron chi connectivity index (χ4n) is 1.02. The maximum Gasteiger partial charge on any atom is 0.0600 e. The second kappa shape index (κ2) is 4.69. The molecule has 0 aromatic heterocycles. The molecular weight excluding hydrogens is 158 g/mol. The Morgan fingerprint density at radius 3 is 2.69 bits per heavy atom. The van der Waals surface area contributed by atoms with Gasteiger partial charge in [0.05, 0.1) is 6.54 Å². The monoisotopic (exact) mass is 173 g/mol. The Labute approximate surface area is 80.4 Å². The standard InChI is InChI=1S/C12H15N/c1-11-6-4-7-12(10-11)8-5-9-13(2)3/h4,6-7,10H,9H2,1-3H3. The van der Waals surface area contributed by atoms with Gasteiger partial charge in [0.15, 0.2) is 0 Å². The van der Waals surface area contributed by atoms with E-state index in [0.29, 0.717) is 0 Å². The van der Waals surface area contributed by atoms with Crippen molar-refractivity contribution in [3.63, 3.8) is 0 Å². The lowest BCUT2D eigenvalue weighted by Gasteiger charge is -2.00. The maximum absolute atomic E-state index is 3.13. The molecule has 13 heavy (non-hydrogen) atoms. The Morgan fingerprint density at radius 1 is 1.31 bits per heavy atom. The smallest absolute Gasteiger partial charge is 0.0600 e. The van der Waals surface area contributed by atoms with Gasteiger partial charge in [0.1, 0.15) is 0 Å². The van der Waals surface area contributed by atoms with E-state index < -0.39 is 0 Å². The van der Waals surface area contributed by atoms with Gasteiger partial charge in [-0.05, 0) is 38.7 Å². The summed E-state index contributed by atoms with van der Waals surface area (Å²) in [5, 5.41) is 0. The second-order valence-corrected chi connectivity index (χ2v) is 3.41. The largest absolute Gasteiger partial charge is 0.299 e. The third-order valence-corrected chi connectivity index (χ3v) is 1.65. The van der Waals surface area contributed by atoms with Crippen LogP contribution in [0.4, 0.5) is 0 Å². The summed E-state index contributed by atoms with van der Waals surface area (Å²) < 4.78 is 0. The predicted molar refractivity (Wildman–Crippen MR) is 56.6 cm³/mol. The zero-order valence-corrected chi connectivity index (χ0v) is 8.46. The van der Waals surface area contributed by atoms with Crippen LogP contribution in [-0.2, 0) is 0 Å². The van der Waals surface area contributed by atoms with E-state index in [9.17, 15) is 0 Å². The van der Waals surface area contributed by atoms with Crippen molar-refractivity contribution in [3.05, 3.63) is 35.4 Å². The fourth-order valence-corrected chi connectivity index (χ4v) is 1.02. The van der Waals surface area contributed by atoms with Gasteiger partial charge in [-0.2, -0.15) is 0 Å². The first-order valence-corrected chi connectivity index (χ1v) is 4.39. The van der Waals surface area contributed by atoms with Crippen LogP contribution in [0.15, 0.2) is 24.3 Å². The van der Waals surface area contributed by atoms with Gasteiger partial charge in [0.2, 0.25) is 0 Å². The average molecular weight is 173 g/mol. The van der Waals surface area contributed by atoms with Gasteiger partial charge >= 0.3 is 0 Å². The Balaban J connectivity index is 2.66. The maximum atomic E-state index is 3.13. The van der Waals surface area contributed by atoms with Crippen molar-refractivity contribution in [1.82, 2.24) is 4.90 Å². The van der Waals surface area contributed by atoms with E-state index in [1.165, 1.54) is 5.56 Å². The highest BCUT2D eigenvalue weighted by atomic mass is 15.0. The zero-order chi connectivity index (χ0) is 9.68. The molecular formula is C12H15N. The molecule has 0 amide bonds. The third kappa shape index (κ3) is 3.78. The van der Waals surface area contributed by atoms with E-state index in [2.05, 4.69) is 35.8 Å². The predicted octanol–water partition coefficient (Wildman–Crippen LogP) is 1.91. The van der Waals surface area contributed by atoms with E-state index in [0.717, 1.165) is 12.1 Å². The molecule has 0 heterocycles. The molecule has 1 rings (SSSR count). The SMILES string of the molecule is Cc1cccc(C#CCN(C)C)c1. The summed E-state index contributed by atoms with van der Waals surface area (Å²) in [6.45, 7) is 2.89. The molecule has 1 aromatic carbocycles. The zero-order valence-electron chi connectivity index (χ0n) is 8.46. The van der Waals surface area contributed by atoms with Crippen molar-refractivity contribution >= 4 is 0 Å². The van der Waals surface area contributed by atoms with E-state index in [-0.39, 0.29) is 0 Å². The van der Waals surface area contributed by atoms with E-state index >= 15 is 0 Å². The first kappa shape index (κ1) is 9.83. The Hall–Kier alpha value is -1.26. The normalized spacial score (nSPS) is 9.54. The molecule has 0 atom stereocenters. The van der Waals surface area contributed by atoms with Gasteiger partial charge in [0, 0.05) is 5.56 Å². The number of hydrogen-bond donors (Lipinski definition) is 0. The van der Waals surface area contributed by atoms with Crippen molar-refractivity contribution in [2.45, 2.75) is 6.92 Å². The van der Waals surface area contributed by atoms with Crippen molar-refractivity contribution in [2.75, 3.05) is 20.6 Å². The highest BCUT2D eigenvalue weighted by Gasteiger charge is 1.86. The first-order valence-electron chi connectivity index (χ1n) is 4.39. The summed E-state index contributed by atoms with van der Waals surface area (Å²) in [6.07, 6.45) is 0. The molecule has 0 spiro atoms. The average Bonchev–Trinajstić information content (AvgIpc) is 2.03. The lowest BCUT2D eigenvalue weighted by Crippen LogP contribution is -2.10. The van der Waals surface area contributed by atoms with Gasteiger partial charge < -0.3 is 0 Å². The molecule has 0 saturated carbocycles. The number of aryl methyl sites for hydroxylation is 1. The Kier molecular flexibility index (Phi) is 3.54. The van der Waals surface area contributed by atoms with Gasteiger partial charge in [-0.3, -0.25) is 4.90 Å². The van der Waals surface area contributed by atoms with Crippen LogP contribution >= 0.6 is 0 Å². The number of nitrogens with zero attached hydrogens (tertiary/aromatic N) is 1. The molecule has 68 valence electrons. The van der Waals surface area contributed by atoms with Gasteiger partial charge in [0.25, 0.3) is 0 Å². The Bertz CT molecular complexity index is 328. The summed E-state index contributed by atoms with van der Waals surface area (Å²) in [5.74, 6) is 6.23. The summed E-state index contributed by atoms with van der Waals surface area (Å²) in [4.78, 5) is 2.06. The first-order chi connectivity index (χ1) is 6.18. The number of rotatable bonds is 1. The molecule has 0 bridgehead atoms. The van der Waals surface area contributed by atoms with Crippen LogP contribution in [0.1, 0.15) is 11.1 Å². The van der Waals surface area contributed by atoms with Gasteiger partial charge in [-0.25, -0.2) is 0 Å². The lowest BCUT2D eigenvalue weighted by molar-refractivity contribution is 0.464. The van der Waals surface area contributed by atoms with Crippen LogP contribution < -0.4 is 0 Å².